The van der Waals surface area contributed by atoms with Crippen LogP contribution in [-0.4, -0.2) is 26.5 Å². The van der Waals surface area contributed by atoms with Crippen LogP contribution in [0.1, 0.15) is 24.6 Å². The molecule has 0 saturated heterocycles. The molecule has 0 fully saturated rings. The molecule has 96 valence electrons. The van der Waals surface area contributed by atoms with E-state index >= 15 is 0 Å². The van der Waals surface area contributed by atoms with E-state index < -0.39 is 0 Å². The number of nitrogens with one attached hydrogen (secondary N) is 1. The maximum Gasteiger partial charge on any atom is 0.141 e. The quantitative estimate of drug-likeness (QED) is 0.785. The zero-order valence-electron chi connectivity index (χ0n) is 10.3. The first-order chi connectivity index (χ1) is 8.78. The fourth-order valence-electron chi connectivity index (χ4n) is 1.62. The molecule has 2 rings (SSSR count). The summed E-state index contributed by atoms with van der Waals surface area (Å²) in [5.74, 6) is -0.336. The summed E-state index contributed by atoms with van der Waals surface area (Å²) < 4.78 is 14.6. The van der Waals surface area contributed by atoms with Crippen LogP contribution in [0.4, 0.5) is 4.39 Å². The molecule has 0 atom stereocenters. The van der Waals surface area contributed by atoms with Gasteiger partial charge in [-0.2, -0.15) is 0 Å². The Hall–Kier alpha value is -1.82. The first-order valence-corrected chi connectivity index (χ1v) is 5.97. The number of rotatable bonds is 6. The van der Waals surface area contributed by atoms with Crippen molar-refractivity contribution in [2.24, 2.45) is 0 Å². The van der Waals surface area contributed by atoms with E-state index in [-0.39, 0.29) is 5.82 Å². The molecule has 2 aromatic rings. The lowest BCUT2D eigenvalue weighted by atomic mass is 10.3. The molecule has 6 heteroatoms. The largest absolute Gasteiger partial charge is 0.311 e. The van der Waals surface area contributed by atoms with Crippen LogP contribution < -0.4 is 5.32 Å². The number of pyridine rings is 1. The second kappa shape index (κ2) is 6.20. The summed E-state index contributed by atoms with van der Waals surface area (Å²) in [6, 6.07) is 1.45. The van der Waals surface area contributed by atoms with Crippen LogP contribution in [0.15, 0.2) is 24.7 Å². The number of halogens is 1. The number of hydrogen-bond donors (Lipinski definition) is 1. The van der Waals surface area contributed by atoms with Crippen LogP contribution in [0.3, 0.4) is 0 Å². The summed E-state index contributed by atoms with van der Waals surface area (Å²) in [5.41, 5.74) is 1.65. The van der Waals surface area contributed by atoms with Gasteiger partial charge >= 0.3 is 0 Å². The van der Waals surface area contributed by atoms with Crippen LogP contribution in [0.5, 0.6) is 0 Å². The van der Waals surface area contributed by atoms with Gasteiger partial charge in [0.1, 0.15) is 5.82 Å². The predicted molar refractivity (Wildman–Crippen MR) is 65.3 cm³/mol. The lowest BCUT2D eigenvalue weighted by Gasteiger charge is -2.00. The zero-order chi connectivity index (χ0) is 12.8. The minimum atomic E-state index is -0.336. The fraction of sp³-hybridized carbons (Fsp3) is 0.417. The van der Waals surface area contributed by atoms with Crippen LogP contribution in [0.25, 0.3) is 0 Å². The molecule has 0 bridgehead atoms. The highest BCUT2D eigenvalue weighted by Crippen LogP contribution is 2.03. The molecule has 5 nitrogen and oxygen atoms in total. The van der Waals surface area contributed by atoms with E-state index in [1.807, 2.05) is 6.20 Å². The normalized spacial score (nSPS) is 10.8. The molecule has 0 aromatic carbocycles. The van der Waals surface area contributed by atoms with Crippen molar-refractivity contribution in [2.45, 2.75) is 26.4 Å². The van der Waals surface area contributed by atoms with Crippen molar-refractivity contribution >= 4 is 0 Å². The van der Waals surface area contributed by atoms with Crippen LogP contribution in [-0.2, 0) is 13.1 Å². The van der Waals surface area contributed by atoms with E-state index in [1.165, 1.54) is 12.3 Å². The average Bonchev–Trinajstić information content (AvgIpc) is 2.77. The molecule has 2 aromatic heterocycles. The van der Waals surface area contributed by atoms with Crippen molar-refractivity contribution in [1.29, 1.82) is 0 Å². The maximum atomic E-state index is 13.0. The molecule has 0 aliphatic carbocycles. The Morgan fingerprint density at radius 3 is 3.06 bits per heavy atom. The summed E-state index contributed by atoms with van der Waals surface area (Å²) in [6.07, 6.45) is 5.75. The topological polar surface area (TPSA) is 55.6 Å². The monoisotopic (exact) mass is 249 g/mol. The van der Waals surface area contributed by atoms with Crippen molar-refractivity contribution in [3.05, 3.63) is 41.7 Å². The van der Waals surface area contributed by atoms with Crippen molar-refractivity contribution in [3.8, 4) is 0 Å². The van der Waals surface area contributed by atoms with Crippen molar-refractivity contribution < 1.29 is 4.39 Å². The minimum Gasteiger partial charge on any atom is -0.311 e. The van der Waals surface area contributed by atoms with Gasteiger partial charge in [-0.05, 0) is 24.6 Å². The third-order valence-electron chi connectivity index (χ3n) is 2.43. The Balaban J connectivity index is 1.94. The Kier molecular flexibility index (Phi) is 4.35. The third kappa shape index (κ3) is 3.59. The van der Waals surface area contributed by atoms with Crippen LogP contribution in [0.2, 0.25) is 0 Å². The van der Waals surface area contributed by atoms with E-state index in [4.69, 9.17) is 0 Å². The fourth-order valence-corrected chi connectivity index (χ4v) is 1.62. The van der Waals surface area contributed by atoms with Crippen molar-refractivity contribution in [3.63, 3.8) is 0 Å². The lowest BCUT2D eigenvalue weighted by molar-refractivity contribution is 0.606. The van der Waals surface area contributed by atoms with Crippen molar-refractivity contribution in [1.82, 2.24) is 25.3 Å². The van der Waals surface area contributed by atoms with E-state index in [0.29, 0.717) is 13.1 Å². The first kappa shape index (κ1) is 12.6. The standard InChI is InChI=1S/C12H16FN5/c1-2-3-14-7-12-9-18(17-16-12)8-10-4-11(13)6-15-5-10/h4-6,9,14H,2-3,7-8H2,1H3. The van der Waals surface area contributed by atoms with Crippen LogP contribution in [0, 0.1) is 5.82 Å². The first-order valence-electron chi connectivity index (χ1n) is 5.97. The molecule has 0 aliphatic rings. The highest BCUT2D eigenvalue weighted by atomic mass is 19.1. The molecule has 1 N–H and O–H groups in total. The Bertz CT molecular complexity index is 497. The Morgan fingerprint density at radius 2 is 2.28 bits per heavy atom. The molecular weight excluding hydrogens is 233 g/mol. The molecule has 0 saturated carbocycles. The SMILES string of the molecule is CCCNCc1cn(Cc2cncc(F)c2)nn1. The molecule has 0 radical (unpaired) electrons. The molecule has 2 heterocycles. The highest BCUT2D eigenvalue weighted by molar-refractivity contribution is 5.10. The zero-order valence-corrected chi connectivity index (χ0v) is 10.3. The summed E-state index contributed by atoms with van der Waals surface area (Å²) in [4.78, 5) is 3.80. The van der Waals surface area contributed by atoms with Gasteiger partial charge in [0.15, 0.2) is 0 Å². The molecule has 18 heavy (non-hydrogen) atoms. The predicted octanol–water partition coefficient (Wildman–Crippen LogP) is 1.36. The van der Waals surface area contributed by atoms with Gasteiger partial charge in [-0.1, -0.05) is 12.1 Å². The lowest BCUT2D eigenvalue weighted by Crippen LogP contribution is -2.13. The van der Waals surface area contributed by atoms with Gasteiger partial charge in [-0.3, -0.25) is 4.98 Å². The van der Waals surface area contributed by atoms with Gasteiger partial charge < -0.3 is 5.32 Å². The average molecular weight is 249 g/mol. The minimum absolute atomic E-state index is 0.336. The summed E-state index contributed by atoms with van der Waals surface area (Å²) in [6.45, 7) is 4.25. The van der Waals surface area contributed by atoms with Gasteiger partial charge in [-0.15, -0.1) is 5.10 Å². The summed E-state index contributed by atoms with van der Waals surface area (Å²) in [5, 5.41) is 11.3. The smallest absolute Gasteiger partial charge is 0.141 e. The maximum absolute atomic E-state index is 13.0. The van der Waals surface area contributed by atoms with Gasteiger partial charge in [0, 0.05) is 12.7 Å². The molecule has 0 unspecified atom stereocenters. The third-order valence-corrected chi connectivity index (χ3v) is 2.43. The van der Waals surface area contributed by atoms with Gasteiger partial charge in [0.05, 0.1) is 24.6 Å². The van der Waals surface area contributed by atoms with E-state index in [1.54, 1.807) is 10.9 Å². The number of hydrogen-bond acceptors (Lipinski definition) is 4. The molecular formula is C12H16FN5. The van der Waals surface area contributed by atoms with Crippen molar-refractivity contribution in [2.75, 3.05) is 6.54 Å². The van der Waals surface area contributed by atoms with Gasteiger partial charge in [0.25, 0.3) is 0 Å². The second-order valence-electron chi connectivity index (χ2n) is 4.10. The Morgan fingerprint density at radius 1 is 1.39 bits per heavy atom. The van der Waals surface area contributed by atoms with Gasteiger partial charge in [0.2, 0.25) is 0 Å². The summed E-state index contributed by atoms with van der Waals surface area (Å²) >= 11 is 0. The molecule has 0 amide bonds. The van der Waals surface area contributed by atoms with E-state index in [9.17, 15) is 4.39 Å². The second-order valence-corrected chi connectivity index (χ2v) is 4.10. The van der Waals surface area contributed by atoms with Gasteiger partial charge in [-0.25, -0.2) is 9.07 Å². The number of aromatic nitrogens is 4. The molecule has 0 spiro atoms. The van der Waals surface area contributed by atoms with E-state index in [2.05, 4.69) is 27.5 Å². The highest BCUT2D eigenvalue weighted by Gasteiger charge is 2.02. The Labute approximate surface area is 105 Å². The summed E-state index contributed by atoms with van der Waals surface area (Å²) in [7, 11) is 0. The van der Waals surface area contributed by atoms with E-state index in [0.717, 1.165) is 24.2 Å². The molecule has 0 aliphatic heterocycles. The number of nitrogens with zero attached hydrogens (tertiary/aromatic N) is 4. The van der Waals surface area contributed by atoms with Crippen LogP contribution >= 0.6 is 0 Å².